The van der Waals surface area contributed by atoms with E-state index in [0.717, 1.165) is 149 Å². The Kier molecular flexibility index (Phi) is 20.5. The summed E-state index contributed by atoms with van der Waals surface area (Å²) in [5, 5.41) is 15.8. The summed E-state index contributed by atoms with van der Waals surface area (Å²) >= 11 is 0. The lowest BCUT2D eigenvalue weighted by molar-refractivity contribution is -0.133. The van der Waals surface area contributed by atoms with Crippen LogP contribution in [0.2, 0.25) is 0 Å². The molecule has 504 valence electrons. The van der Waals surface area contributed by atoms with E-state index < -0.39 is 0 Å². The van der Waals surface area contributed by atoms with E-state index in [1.54, 1.807) is 59.2 Å². The van der Waals surface area contributed by atoms with Gasteiger partial charge in [-0.3, -0.25) is 39.1 Å². The summed E-state index contributed by atoms with van der Waals surface area (Å²) in [5.41, 5.74) is 14.0. The third kappa shape index (κ3) is 16.0. The molecule has 3 aromatic carbocycles. The number of benzene rings is 3. The van der Waals surface area contributed by atoms with Gasteiger partial charge in [-0.1, -0.05) is 41.6 Å². The van der Waals surface area contributed by atoms with E-state index >= 15 is 0 Å². The van der Waals surface area contributed by atoms with Gasteiger partial charge in [0.2, 0.25) is 17.7 Å². The second-order valence-corrected chi connectivity index (χ2v) is 24.9. The maximum absolute atomic E-state index is 12.9. The van der Waals surface area contributed by atoms with Gasteiger partial charge in [-0.2, -0.15) is 10.2 Å². The quantitative estimate of drug-likeness (QED) is 0.0872. The molecular weight excluding hydrogens is 1250 g/mol. The highest BCUT2D eigenvalue weighted by atomic mass is 16.5. The molecular formula is C70H75N19O9. The van der Waals surface area contributed by atoms with Gasteiger partial charge >= 0.3 is 17.9 Å². The zero-order valence-corrected chi connectivity index (χ0v) is 54.8. The normalized spacial score (nSPS) is 16.1. The molecule has 9 aromatic rings. The van der Waals surface area contributed by atoms with Gasteiger partial charge in [-0.05, 0) is 96.8 Å². The molecule has 3 saturated heterocycles. The Bertz CT molecular complexity index is 4300. The molecule has 0 radical (unpaired) electrons. The fraction of sp³-hybridized carbons (Fsp3) is 0.371. The monoisotopic (exact) mass is 1330 g/mol. The van der Waals surface area contributed by atoms with Crippen molar-refractivity contribution in [1.29, 1.82) is 0 Å². The van der Waals surface area contributed by atoms with Crippen molar-refractivity contribution >= 4 is 35.6 Å². The van der Waals surface area contributed by atoms with E-state index in [2.05, 4.69) is 84.2 Å². The summed E-state index contributed by atoms with van der Waals surface area (Å²) in [7, 11) is 0. The number of ether oxygens (including phenoxy) is 3. The molecule has 15 rings (SSSR count). The number of rotatable bonds is 18. The van der Waals surface area contributed by atoms with Crippen molar-refractivity contribution in [2.24, 2.45) is 0 Å². The minimum absolute atomic E-state index is 0.0663. The Labute approximate surface area is 565 Å². The number of carbonyl (C=O) groups is 6. The average Bonchev–Trinajstić information content (AvgIpc) is 1.64. The molecule has 98 heavy (non-hydrogen) atoms. The maximum Gasteiger partial charge on any atom is 0.338 e. The van der Waals surface area contributed by atoms with Gasteiger partial charge in [0.15, 0.2) is 11.6 Å². The van der Waals surface area contributed by atoms with Crippen LogP contribution in [0.3, 0.4) is 0 Å². The number of esters is 3. The molecule has 3 amide bonds. The Morgan fingerprint density at radius 1 is 0.480 bits per heavy atom. The van der Waals surface area contributed by atoms with E-state index in [1.165, 1.54) is 34.0 Å². The third-order valence-electron chi connectivity index (χ3n) is 18.8. The van der Waals surface area contributed by atoms with Crippen molar-refractivity contribution < 1.29 is 43.0 Å². The first kappa shape index (κ1) is 65.8. The highest BCUT2D eigenvalue weighted by Crippen LogP contribution is 2.28. The highest BCUT2D eigenvalue weighted by Gasteiger charge is 2.29. The van der Waals surface area contributed by atoms with Crippen molar-refractivity contribution in [3.05, 3.63) is 207 Å². The van der Waals surface area contributed by atoms with Gasteiger partial charge in [0.05, 0.1) is 84.0 Å². The van der Waals surface area contributed by atoms with Crippen LogP contribution in [-0.4, -0.2) is 228 Å². The number of nitrogens with zero attached hydrogens (tertiary/aromatic N) is 19. The van der Waals surface area contributed by atoms with Gasteiger partial charge in [0, 0.05) is 121 Å². The molecule has 0 aliphatic carbocycles. The second kappa shape index (κ2) is 30.5. The number of hydrogen-bond donors (Lipinski definition) is 0. The fourth-order valence-corrected chi connectivity index (χ4v) is 12.8. The molecule has 0 bridgehead atoms. The molecule has 6 aliphatic heterocycles. The lowest BCUT2D eigenvalue weighted by Gasteiger charge is -2.34. The molecule has 6 aromatic heterocycles. The van der Waals surface area contributed by atoms with E-state index in [4.69, 9.17) is 14.2 Å². The zero-order chi connectivity index (χ0) is 67.5. The smallest absolute Gasteiger partial charge is 0.338 e. The zero-order valence-electron chi connectivity index (χ0n) is 54.8. The van der Waals surface area contributed by atoms with Crippen LogP contribution in [0, 0.1) is 13.8 Å². The predicted octanol–water partition coefficient (Wildman–Crippen LogP) is 3.80. The number of aromatic nitrogens is 13. The minimum atomic E-state index is -0.228. The molecule has 28 nitrogen and oxygen atoms in total. The number of pyridine rings is 2. The summed E-state index contributed by atoms with van der Waals surface area (Å²) in [6, 6.07) is 21.5. The van der Waals surface area contributed by atoms with Gasteiger partial charge in [-0.25, -0.2) is 48.4 Å². The van der Waals surface area contributed by atoms with E-state index in [-0.39, 0.29) is 42.1 Å². The largest absolute Gasteiger partial charge is 0.457 e. The first-order valence-corrected chi connectivity index (χ1v) is 33.0. The summed E-state index contributed by atoms with van der Waals surface area (Å²) in [6.45, 7) is 17.4. The van der Waals surface area contributed by atoms with E-state index in [0.29, 0.717) is 79.8 Å². The van der Waals surface area contributed by atoms with Gasteiger partial charge in [-0.15, -0.1) is 5.10 Å². The van der Waals surface area contributed by atoms with E-state index in [9.17, 15) is 28.8 Å². The summed E-state index contributed by atoms with van der Waals surface area (Å²) in [5.74, 6) is 0.868. The number of carbonyl (C=O) groups excluding carboxylic acids is 6. The van der Waals surface area contributed by atoms with Crippen LogP contribution in [-0.2, 0) is 86.9 Å². The number of piperazine rings is 3. The number of amides is 3. The average molecular weight is 1330 g/mol. The predicted molar refractivity (Wildman–Crippen MR) is 353 cm³/mol. The maximum atomic E-state index is 12.9. The van der Waals surface area contributed by atoms with Crippen molar-refractivity contribution in [2.75, 3.05) is 98.2 Å². The van der Waals surface area contributed by atoms with Crippen LogP contribution in [0.1, 0.15) is 92.5 Å². The third-order valence-corrected chi connectivity index (χ3v) is 18.8. The van der Waals surface area contributed by atoms with Crippen molar-refractivity contribution in [3.8, 4) is 17.3 Å². The molecule has 0 saturated carbocycles. The van der Waals surface area contributed by atoms with E-state index in [1.807, 2.05) is 76.2 Å². The van der Waals surface area contributed by atoms with Crippen LogP contribution in [0.25, 0.3) is 17.3 Å². The summed E-state index contributed by atoms with van der Waals surface area (Å²) < 4.78 is 20.1. The lowest BCUT2D eigenvalue weighted by Crippen LogP contribution is -2.49. The van der Waals surface area contributed by atoms with Crippen LogP contribution >= 0.6 is 0 Å². The second-order valence-electron chi connectivity index (χ2n) is 24.9. The Balaban J connectivity index is 0.000000132. The molecule has 0 unspecified atom stereocenters. The van der Waals surface area contributed by atoms with Gasteiger partial charge in [0.25, 0.3) is 0 Å². The van der Waals surface area contributed by atoms with Gasteiger partial charge in [0.1, 0.15) is 45.1 Å². The molecule has 0 N–H and O–H groups in total. The number of fused-ring (bicyclic) bond motifs is 3. The minimum Gasteiger partial charge on any atom is -0.457 e. The highest BCUT2D eigenvalue weighted by molar-refractivity contribution is 5.95. The molecule has 28 heteroatoms. The summed E-state index contributed by atoms with van der Waals surface area (Å²) in [6.07, 6.45) is 19.7. The van der Waals surface area contributed by atoms with Crippen LogP contribution < -0.4 is 0 Å². The van der Waals surface area contributed by atoms with Gasteiger partial charge < -0.3 is 28.9 Å². The number of aryl methyl sites for hydroxylation is 1. The van der Waals surface area contributed by atoms with Crippen molar-refractivity contribution in [2.45, 2.75) is 72.2 Å². The molecule has 3 fully saturated rings. The van der Waals surface area contributed by atoms with Crippen molar-refractivity contribution in [1.82, 2.24) is 93.9 Å². The molecule has 6 aliphatic rings. The standard InChI is InChI=1S/C24H26N6O3.C23H25N7O3.C23H24N6O3/c1-17-10-20(30-16-25-15-27-30)13-26-22(17)12-23(31)29-8-6-28(7-9-29)5-4-18-2-3-21-19(11-18)14-33-24(21)32;1-16-17(2-3-19-20(16)15-33-23(19)32)4-6-28-8-10-29(11-9-28)22(31)12-18-13-25-21(14-24-18)30-7-5-26-27-30;30-22(12-18-2-4-21(25-13-18)29-16-24-15-26-29)28-9-7-27(8-10-28)6-5-17-1-3-20-19(11-17)14-32-23(20)31/h2-3,10-11,13,15-16H,4-9,12,14H2,1H3;2-3,5,7,13-14H,4,6,8-12,15H2,1H3;1-4,11,13,15-16H,5-10,12,14H2. The van der Waals surface area contributed by atoms with Crippen LogP contribution in [0.15, 0.2) is 129 Å². The van der Waals surface area contributed by atoms with Crippen LogP contribution in [0.4, 0.5) is 0 Å². The number of hydrogen-bond acceptors (Lipinski definition) is 22. The summed E-state index contributed by atoms with van der Waals surface area (Å²) in [4.78, 5) is 111. The SMILES string of the molecule is Cc1c(CCN2CCN(C(=O)Cc3cnc(-n4ccnn4)cn3)CC2)ccc2c1COC2=O.Cc1cc(-n2cncn2)cnc1CC(=O)N1CCN(CCc2ccc3c(c2)COC3=O)CC1.O=C1OCc2cc(CCN3CCN(C(=O)Cc4ccc(-n5cncn5)nc4)CC3)ccc21. The lowest BCUT2D eigenvalue weighted by atomic mass is 9.96. The number of cyclic esters (lactones) is 3. The van der Waals surface area contributed by atoms with Crippen LogP contribution in [0.5, 0.6) is 0 Å². The Morgan fingerprint density at radius 3 is 1.56 bits per heavy atom. The Hall–Kier alpha value is -10.8. The fourth-order valence-electron chi connectivity index (χ4n) is 12.8. The Morgan fingerprint density at radius 2 is 1.02 bits per heavy atom. The molecule has 0 spiro atoms. The molecule has 0 atom stereocenters. The first-order valence-electron chi connectivity index (χ1n) is 33.0. The topological polar surface area (TPSA) is 293 Å². The van der Waals surface area contributed by atoms with Crippen molar-refractivity contribution in [3.63, 3.8) is 0 Å². The first-order chi connectivity index (χ1) is 47.8. The molecule has 12 heterocycles.